The van der Waals surface area contributed by atoms with Crippen LogP contribution in [0.15, 0.2) is 48.7 Å². The van der Waals surface area contributed by atoms with Gasteiger partial charge in [0.2, 0.25) is 0 Å². The molecule has 0 radical (unpaired) electrons. The minimum Gasteiger partial charge on any atom is -0.463 e. The molecule has 1 fully saturated rings. The van der Waals surface area contributed by atoms with Crippen LogP contribution in [0, 0.1) is 0 Å². The van der Waals surface area contributed by atoms with Gasteiger partial charge in [-0.05, 0) is 49.6 Å². The number of anilines is 1. The minimum absolute atomic E-state index is 0.0675. The average Bonchev–Trinajstić information content (AvgIpc) is 2.75. The van der Waals surface area contributed by atoms with Gasteiger partial charge in [0, 0.05) is 37.0 Å². The van der Waals surface area contributed by atoms with Gasteiger partial charge >= 0.3 is 5.97 Å². The highest BCUT2D eigenvalue weighted by atomic mass is 35.5. The number of nitrogens with one attached hydrogen (secondary N) is 1. The van der Waals surface area contributed by atoms with Gasteiger partial charge in [0.25, 0.3) is 5.91 Å². The van der Waals surface area contributed by atoms with Crippen LogP contribution in [0.5, 0.6) is 0 Å². The van der Waals surface area contributed by atoms with Gasteiger partial charge < -0.3 is 15.0 Å². The molecule has 0 unspecified atom stereocenters. The summed E-state index contributed by atoms with van der Waals surface area (Å²) in [6.07, 6.45) is 6.26. The molecular weight excluding hydrogens is 390 g/mol. The molecule has 1 amide bonds. The number of aromatic nitrogens is 1. The van der Waals surface area contributed by atoms with E-state index in [1.807, 2.05) is 35.2 Å². The van der Waals surface area contributed by atoms with Gasteiger partial charge in [-0.3, -0.25) is 4.79 Å². The zero-order valence-corrected chi connectivity index (χ0v) is 17.1. The lowest BCUT2D eigenvalue weighted by Gasteiger charge is -2.32. The molecule has 0 spiro atoms. The Morgan fingerprint density at radius 2 is 2.00 bits per heavy atom. The number of hydrogen-bond donors (Lipinski definition) is 1. The lowest BCUT2D eigenvalue weighted by Crippen LogP contribution is -2.42. The fourth-order valence-corrected chi connectivity index (χ4v) is 3.42. The van der Waals surface area contributed by atoms with Gasteiger partial charge in [-0.2, -0.15) is 0 Å². The molecular formula is C22H24ClN3O3. The first-order valence-corrected chi connectivity index (χ1v) is 10.1. The number of halogens is 1. The number of rotatable bonds is 6. The zero-order chi connectivity index (χ0) is 20.6. The highest BCUT2D eigenvalue weighted by Gasteiger charge is 2.24. The Kier molecular flexibility index (Phi) is 7.25. The smallest absolute Gasteiger partial charge is 0.330 e. The number of hydrogen-bond acceptors (Lipinski definition) is 5. The number of ether oxygens (including phenoxy) is 1. The molecule has 1 aliphatic rings. The average molecular weight is 414 g/mol. The number of pyridine rings is 1. The van der Waals surface area contributed by atoms with Crippen LogP contribution in [0.1, 0.15) is 35.7 Å². The Balaban J connectivity index is 1.54. The maximum absolute atomic E-state index is 12.5. The van der Waals surface area contributed by atoms with E-state index in [2.05, 4.69) is 10.3 Å². The number of piperidine rings is 1. The molecule has 1 saturated heterocycles. The highest BCUT2D eigenvalue weighted by Crippen LogP contribution is 2.24. The number of likely N-dealkylation sites (tertiary alicyclic amines) is 1. The minimum atomic E-state index is -0.400. The number of esters is 1. The molecule has 0 saturated carbocycles. The molecule has 1 aliphatic heterocycles. The topological polar surface area (TPSA) is 71.5 Å². The van der Waals surface area contributed by atoms with E-state index in [-0.39, 0.29) is 11.9 Å². The highest BCUT2D eigenvalue weighted by molar-refractivity contribution is 6.33. The van der Waals surface area contributed by atoms with Crippen LogP contribution in [0.25, 0.3) is 6.08 Å². The van der Waals surface area contributed by atoms with E-state index in [1.165, 1.54) is 6.08 Å². The van der Waals surface area contributed by atoms with Crippen LogP contribution in [0.4, 0.5) is 5.82 Å². The molecule has 1 aromatic carbocycles. The molecule has 0 bridgehead atoms. The quantitative estimate of drug-likeness (QED) is 0.571. The normalized spacial score (nSPS) is 14.8. The molecule has 0 atom stereocenters. The second-order valence-electron chi connectivity index (χ2n) is 6.76. The van der Waals surface area contributed by atoms with Gasteiger partial charge in [-0.25, -0.2) is 9.78 Å². The lowest BCUT2D eigenvalue weighted by molar-refractivity contribution is -0.137. The Bertz CT molecular complexity index is 878. The van der Waals surface area contributed by atoms with E-state index in [0.29, 0.717) is 30.5 Å². The van der Waals surface area contributed by atoms with Crippen LogP contribution in [0.3, 0.4) is 0 Å². The van der Waals surface area contributed by atoms with Crippen molar-refractivity contribution in [2.24, 2.45) is 0 Å². The van der Waals surface area contributed by atoms with Crippen LogP contribution in [0.2, 0.25) is 5.02 Å². The van der Waals surface area contributed by atoms with Crippen molar-refractivity contribution >= 4 is 35.4 Å². The van der Waals surface area contributed by atoms with Gasteiger partial charge in [-0.15, -0.1) is 0 Å². The number of nitrogens with zero attached hydrogens (tertiary/aromatic N) is 2. The Morgan fingerprint density at radius 3 is 2.66 bits per heavy atom. The van der Waals surface area contributed by atoms with Gasteiger partial charge in [0.05, 0.1) is 11.6 Å². The number of amides is 1. The Labute approximate surface area is 175 Å². The summed E-state index contributed by atoms with van der Waals surface area (Å²) >= 11 is 6.34. The van der Waals surface area contributed by atoms with Crippen molar-refractivity contribution in [1.29, 1.82) is 0 Å². The number of carbonyl (C=O) groups excluding carboxylic acids is 2. The zero-order valence-electron chi connectivity index (χ0n) is 16.3. The van der Waals surface area contributed by atoms with Crippen molar-refractivity contribution in [2.75, 3.05) is 25.0 Å². The van der Waals surface area contributed by atoms with Gasteiger partial charge in [0.1, 0.15) is 5.82 Å². The molecule has 7 heteroatoms. The summed E-state index contributed by atoms with van der Waals surface area (Å²) in [4.78, 5) is 30.2. The summed E-state index contributed by atoms with van der Waals surface area (Å²) in [6.45, 7) is 3.46. The fraction of sp³-hybridized carbons (Fsp3) is 0.318. The van der Waals surface area contributed by atoms with Gasteiger partial charge in [0.15, 0.2) is 0 Å². The molecule has 0 aliphatic carbocycles. The summed E-state index contributed by atoms with van der Waals surface area (Å²) < 4.78 is 4.85. The maximum atomic E-state index is 12.5. The van der Waals surface area contributed by atoms with Crippen LogP contribution in [-0.4, -0.2) is 47.5 Å². The molecule has 3 rings (SSSR count). The third-order valence-corrected chi connectivity index (χ3v) is 4.99. The van der Waals surface area contributed by atoms with Crippen molar-refractivity contribution in [3.63, 3.8) is 0 Å². The Morgan fingerprint density at radius 1 is 1.28 bits per heavy atom. The van der Waals surface area contributed by atoms with E-state index in [9.17, 15) is 9.59 Å². The molecule has 152 valence electrons. The fourth-order valence-electron chi connectivity index (χ4n) is 3.19. The van der Waals surface area contributed by atoms with Crippen molar-refractivity contribution in [2.45, 2.75) is 25.8 Å². The summed E-state index contributed by atoms with van der Waals surface area (Å²) in [7, 11) is 0. The first kappa shape index (κ1) is 20.9. The molecule has 1 aromatic heterocycles. The largest absolute Gasteiger partial charge is 0.463 e. The van der Waals surface area contributed by atoms with E-state index in [0.717, 1.165) is 24.0 Å². The summed E-state index contributed by atoms with van der Waals surface area (Å²) in [5, 5.41) is 3.85. The monoisotopic (exact) mass is 413 g/mol. The second kappa shape index (κ2) is 10.1. The van der Waals surface area contributed by atoms with Crippen molar-refractivity contribution in [1.82, 2.24) is 9.88 Å². The maximum Gasteiger partial charge on any atom is 0.330 e. The molecule has 1 N–H and O–H groups in total. The van der Waals surface area contributed by atoms with E-state index >= 15 is 0 Å². The van der Waals surface area contributed by atoms with Crippen LogP contribution >= 0.6 is 11.6 Å². The molecule has 2 heterocycles. The summed E-state index contributed by atoms with van der Waals surface area (Å²) in [6, 6.07) is 11.3. The van der Waals surface area contributed by atoms with Crippen LogP contribution < -0.4 is 5.32 Å². The van der Waals surface area contributed by atoms with Gasteiger partial charge in [-0.1, -0.05) is 29.8 Å². The van der Waals surface area contributed by atoms with Crippen molar-refractivity contribution in [3.05, 3.63) is 64.8 Å². The number of carbonyl (C=O) groups is 2. The first-order chi connectivity index (χ1) is 14.1. The van der Waals surface area contributed by atoms with Crippen molar-refractivity contribution < 1.29 is 14.3 Å². The summed E-state index contributed by atoms with van der Waals surface area (Å²) in [5.74, 6) is 0.272. The molecule has 29 heavy (non-hydrogen) atoms. The molecule has 2 aromatic rings. The SMILES string of the molecule is CCOC(=O)C=Cc1cnc(NC2CCN(C(=O)c3ccccc3)CC2)c(Cl)c1. The standard InChI is InChI=1S/C22H24ClN3O3/c1-2-29-20(27)9-8-16-14-19(23)21(24-15-16)25-18-10-12-26(13-11-18)22(28)17-6-4-3-5-7-17/h3-9,14-15,18H,2,10-13H2,1H3,(H,24,25). The number of benzene rings is 1. The van der Waals surface area contributed by atoms with E-state index in [4.69, 9.17) is 16.3 Å². The lowest BCUT2D eigenvalue weighted by atomic mass is 10.0. The predicted molar refractivity (Wildman–Crippen MR) is 114 cm³/mol. The first-order valence-electron chi connectivity index (χ1n) is 9.68. The second-order valence-corrected chi connectivity index (χ2v) is 7.17. The van der Waals surface area contributed by atoms with Crippen molar-refractivity contribution in [3.8, 4) is 0 Å². The summed E-state index contributed by atoms with van der Waals surface area (Å²) in [5.41, 5.74) is 1.44. The van der Waals surface area contributed by atoms with E-state index < -0.39 is 5.97 Å². The molecule has 6 nitrogen and oxygen atoms in total. The third kappa shape index (κ3) is 5.81. The third-order valence-electron chi connectivity index (χ3n) is 4.70. The van der Waals surface area contributed by atoms with E-state index in [1.54, 1.807) is 25.3 Å². The Hall–Kier alpha value is -2.86. The predicted octanol–water partition coefficient (Wildman–Crippen LogP) is 4.03. The van der Waals surface area contributed by atoms with Crippen LogP contribution in [-0.2, 0) is 9.53 Å².